The minimum atomic E-state index is -0.952. The first kappa shape index (κ1) is 40.7. The smallest absolute Gasteiger partial charge is 0.333 e. The average Bonchev–Trinajstić information content (AvgIpc) is 3.10. The van der Waals surface area contributed by atoms with Gasteiger partial charge in [-0.3, -0.25) is 9.59 Å². The molecule has 55 heavy (non-hydrogen) atoms. The highest BCUT2D eigenvalue weighted by Crippen LogP contribution is 2.37. The zero-order valence-corrected chi connectivity index (χ0v) is 34.1. The topological polar surface area (TPSA) is 115 Å². The molecular formula is C40H37Br2Cl2F2N3O6. The van der Waals surface area contributed by atoms with Gasteiger partial charge in [0.15, 0.2) is 17.4 Å². The molecule has 0 heterocycles. The van der Waals surface area contributed by atoms with Crippen LogP contribution in [0.15, 0.2) is 69.6 Å². The highest BCUT2D eigenvalue weighted by molar-refractivity contribution is 9.11. The number of hydrogen-bond acceptors (Lipinski definition) is 8. The van der Waals surface area contributed by atoms with Gasteiger partial charge in [-0.25, -0.2) is 13.6 Å². The summed E-state index contributed by atoms with van der Waals surface area (Å²) in [6, 6.07) is 16.9. The lowest BCUT2D eigenvalue weighted by atomic mass is 9.93. The van der Waals surface area contributed by atoms with E-state index >= 15 is 8.78 Å². The van der Waals surface area contributed by atoms with Gasteiger partial charge >= 0.3 is 11.9 Å². The monoisotopic (exact) mass is 921 g/mol. The maximum Gasteiger partial charge on any atom is 0.333 e. The minimum absolute atomic E-state index is 0.0509. The third-order valence-corrected chi connectivity index (χ3v) is 11.1. The van der Waals surface area contributed by atoms with Crippen LogP contribution in [0.25, 0.3) is 0 Å². The lowest BCUT2D eigenvalue weighted by molar-refractivity contribution is -0.158. The standard InChI is InChI=1S/C40H37Br2Cl2F2N3O6/c41-28-17-25(18-29(42)38(28)53-20-23-5-1-11-32(36(23)45)48-26-7-3-8-26)40(52)47-19-35(51)55-34(50)14-13-22-15-30(43)39(31(44)16-22)54-21-24-6-2-12-33(37(24)46)49-27-9-4-10-27/h1-2,5-6,11-12,15-18,26-27,48-49H,3-4,7-10,13-14,19-21H2,(H,47,52). The van der Waals surface area contributed by atoms with Gasteiger partial charge < -0.3 is 30.2 Å². The van der Waals surface area contributed by atoms with Crippen LogP contribution in [0.2, 0.25) is 10.0 Å². The van der Waals surface area contributed by atoms with Crippen molar-refractivity contribution in [3.63, 3.8) is 0 Å². The van der Waals surface area contributed by atoms with Gasteiger partial charge in [-0.2, -0.15) is 0 Å². The molecule has 0 unspecified atom stereocenters. The van der Waals surface area contributed by atoms with Crippen LogP contribution in [0.3, 0.4) is 0 Å². The quantitative estimate of drug-likeness (QED) is 0.0752. The Morgan fingerprint density at radius 3 is 1.73 bits per heavy atom. The SMILES string of the molecule is O=C(CCc1cc(Cl)c(OCc2cccc(NC3CCC3)c2F)c(Cl)c1)OC(=O)CNC(=O)c1cc(Br)c(OCc2cccc(NC3CCC3)c2F)c(Br)c1. The maximum atomic E-state index is 15.1. The molecule has 15 heteroatoms. The van der Waals surface area contributed by atoms with Crippen molar-refractivity contribution in [2.75, 3.05) is 17.2 Å². The zero-order valence-electron chi connectivity index (χ0n) is 29.4. The molecule has 0 saturated heterocycles. The summed E-state index contributed by atoms with van der Waals surface area (Å²) >= 11 is 19.7. The number of ether oxygens (including phenoxy) is 3. The summed E-state index contributed by atoms with van der Waals surface area (Å²) in [5, 5.41) is 9.22. The highest BCUT2D eigenvalue weighted by Gasteiger charge is 2.22. The van der Waals surface area contributed by atoms with E-state index in [0.29, 0.717) is 42.8 Å². The zero-order chi connectivity index (χ0) is 39.1. The molecule has 0 spiro atoms. The van der Waals surface area contributed by atoms with Crippen molar-refractivity contribution in [2.24, 2.45) is 0 Å². The Morgan fingerprint density at radius 2 is 1.24 bits per heavy atom. The molecule has 9 nitrogen and oxygen atoms in total. The Balaban J connectivity index is 0.942. The summed E-state index contributed by atoms with van der Waals surface area (Å²) in [7, 11) is 0. The van der Waals surface area contributed by atoms with Gasteiger partial charge in [0.05, 0.1) is 36.8 Å². The van der Waals surface area contributed by atoms with Gasteiger partial charge in [-0.05, 0) is 119 Å². The molecule has 2 fully saturated rings. The summed E-state index contributed by atoms with van der Waals surface area (Å²) in [6.07, 6.45) is 6.28. The van der Waals surface area contributed by atoms with Crippen LogP contribution in [0.4, 0.5) is 20.2 Å². The third-order valence-electron chi connectivity index (χ3n) is 9.39. The number of rotatable bonds is 16. The van der Waals surface area contributed by atoms with Crippen LogP contribution in [0.1, 0.15) is 72.0 Å². The molecule has 0 aromatic heterocycles. The van der Waals surface area contributed by atoms with E-state index in [1.807, 2.05) is 0 Å². The Hall–Kier alpha value is -3.91. The van der Waals surface area contributed by atoms with Crippen molar-refractivity contribution in [2.45, 2.75) is 76.7 Å². The molecule has 0 atom stereocenters. The number of esters is 2. The van der Waals surface area contributed by atoms with Crippen molar-refractivity contribution >= 4 is 84.3 Å². The molecule has 1 amide bonds. The largest absolute Gasteiger partial charge is 0.486 e. The first-order valence-corrected chi connectivity index (χ1v) is 20.1. The molecule has 2 aliphatic carbocycles. The Kier molecular flexibility index (Phi) is 13.9. The fourth-order valence-electron chi connectivity index (χ4n) is 5.89. The highest BCUT2D eigenvalue weighted by atomic mass is 79.9. The van der Waals surface area contributed by atoms with Crippen LogP contribution < -0.4 is 25.4 Å². The normalized spacial score (nSPS) is 14.0. The Morgan fingerprint density at radius 1 is 0.727 bits per heavy atom. The molecule has 2 saturated carbocycles. The van der Waals surface area contributed by atoms with Gasteiger partial charge in [0.2, 0.25) is 0 Å². The second kappa shape index (κ2) is 18.8. The van der Waals surface area contributed by atoms with Crippen LogP contribution >= 0.6 is 55.1 Å². The van der Waals surface area contributed by atoms with Gasteiger partial charge in [-0.15, -0.1) is 0 Å². The molecular weight excluding hydrogens is 887 g/mol. The predicted molar refractivity (Wildman–Crippen MR) is 214 cm³/mol. The van der Waals surface area contributed by atoms with E-state index in [-0.39, 0.29) is 65.3 Å². The van der Waals surface area contributed by atoms with Crippen LogP contribution in [-0.4, -0.2) is 36.5 Å². The number of carbonyl (C=O) groups excluding carboxylic acids is 3. The van der Waals surface area contributed by atoms with Crippen molar-refractivity contribution < 1.29 is 37.4 Å². The second-order valence-corrected chi connectivity index (χ2v) is 15.9. The minimum Gasteiger partial charge on any atom is -0.486 e. The van der Waals surface area contributed by atoms with Crippen molar-refractivity contribution in [1.29, 1.82) is 0 Å². The van der Waals surface area contributed by atoms with Gasteiger partial charge in [0.1, 0.15) is 25.5 Å². The van der Waals surface area contributed by atoms with Crippen molar-refractivity contribution in [1.82, 2.24) is 5.32 Å². The molecule has 290 valence electrons. The molecule has 3 N–H and O–H groups in total. The van der Waals surface area contributed by atoms with E-state index in [0.717, 1.165) is 38.5 Å². The number of aryl methyl sites for hydroxylation is 1. The van der Waals surface area contributed by atoms with Gasteiger partial charge in [0.25, 0.3) is 5.91 Å². The van der Waals surface area contributed by atoms with Gasteiger partial charge in [-0.1, -0.05) is 47.5 Å². The van der Waals surface area contributed by atoms with Crippen LogP contribution in [-0.2, 0) is 34.0 Å². The number of benzene rings is 4. The summed E-state index contributed by atoms with van der Waals surface area (Å²) in [5.74, 6) is -2.61. The number of nitrogens with one attached hydrogen (secondary N) is 3. The maximum absolute atomic E-state index is 15.1. The molecule has 0 bridgehead atoms. The molecule has 4 aromatic rings. The van der Waals surface area contributed by atoms with Gasteiger partial charge in [0, 0.05) is 28.8 Å². The molecule has 0 radical (unpaired) electrons. The summed E-state index contributed by atoms with van der Waals surface area (Å²) in [6.45, 7) is -0.711. The number of anilines is 2. The van der Waals surface area contributed by atoms with E-state index in [9.17, 15) is 14.4 Å². The summed E-state index contributed by atoms with van der Waals surface area (Å²) in [5.41, 5.74) is 2.35. The number of halogens is 6. The fraction of sp³-hybridized carbons (Fsp3) is 0.325. The lowest BCUT2D eigenvalue weighted by Crippen LogP contribution is -2.31. The number of hydrogen-bond donors (Lipinski definition) is 3. The van der Waals surface area contributed by atoms with E-state index in [4.69, 9.17) is 37.4 Å². The Bertz CT molecular complexity index is 2040. The van der Waals surface area contributed by atoms with Crippen molar-refractivity contribution in [3.05, 3.63) is 114 Å². The van der Waals surface area contributed by atoms with E-state index in [2.05, 4.69) is 47.8 Å². The van der Waals surface area contributed by atoms with E-state index < -0.39 is 30.2 Å². The molecule has 6 rings (SSSR count). The first-order chi connectivity index (χ1) is 26.4. The van der Waals surface area contributed by atoms with E-state index in [1.165, 1.54) is 12.1 Å². The summed E-state index contributed by atoms with van der Waals surface area (Å²) < 4.78 is 47.5. The summed E-state index contributed by atoms with van der Waals surface area (Å²) in [4.78, 5) is 37.7. The molecule has 2 aliphatic rings. The van der Waals surface area contributed by atoms with Crippen LogP contribution in [0.5, 0.6) is 11.5 Å². The second-order valence-electron chi connectivity index (χ2n) is 13.4. The predicted octanol–water partition coefficient (Wildman–Crippen LogP) is 10.3. The number of amides is 1. The van der Waals surface area contributed by atoms with Crippen LogP contribution in [0, 0.1) is 11.6 Å². The lowest BCUT2D eigenvalue weighted by Gasteiger charge is -2.28. The third kappa shape index (κ3) is 10.7. The molecule has 0 aliphatic heterocycles. The number of carbonyl (C=O) groups is 3. The Labute approximate surface area is 344 Å². The first-order valence-electron chi connectivity index (χ1n) is 17.8. The average molecular weight is 924 g/mol. The van der Waals surface area contributed by atoms with Crippen molar-refractivity contribution in [3.8, 4) is 11.5 Å². The molecule has 4 aromatic carbocycles. The fourth-order valence-corrected chi connectivity index (χ4v) is 7.95. The van der Waals surface area contributed by atoms with E-state index in [1.54, 1.807) is 48.5 Å².